The lowest BCUT2D eigenvalue weighted by Gasteiger charge is -2.23. The fourth-order valence-electron chi connectivity index (χ4n) is 3.14. The van der Waals surface area contributed by atoms with Crippen LogP contribution >= 0.6 is 0 Å². The Morgan fingerprint density at radius 3 is 2.30 bits per heavy atom. The molecule has 0 aliphatic heterocycles. The van der Waals surface area contributed by atoms with Crippen LogP contribution in [0, 0.1) is 13.8 Å². The molecule has 2 aromatic rings. The van der Waals surface area contributed by atoms with Gasteiger partial charge in [0.2, 0.25) is 15.9 Å². The number of nitrogens with zero attached hydrogens (tertiary/aromatic N) is 1. The van der Waals surface area contributed by atoms with E-state index in [4.69, 9.17) is 9.47 Å². The first-order valence-corrected chi connectivity index (χ1v) is 11.6. The molecule has 2 aromatic carbocycles. The number of ether oxygens (including phenoxy) is 2. The van der Waals surface area contributed by atoms with Gasteiger partial charge in [0.05, 0.1) is 25.6 Å². The Morgan fingerprint density at radius 1 is 1.07 bits per heavy atom. The highest BCUT2D eigenvalue weighted by Crippen LogP contribution is 2.25. The van der Waals surface area contributed by atoms with Crippen LogP contribution in [0.3, 0.4) is 0 Å². The van der Waals surface area contributed by atoms with E-state index in [1.54, 1.807) is 19.2 Å². The molecule has 0 saturated carbocycles. The summed E-state index contributed by atoms with van der Waals surface area (Å²) >= 11 is 0. The number of nitrogens with one attached hydrogen (secondary N) is 1. The van der Waals surface area contributed by atoms with Gasteiger partial charge in [-0.05, 0) is 55.7 Å². The van der Waals surface area contributed by atoms with Gasteiger partial charge < -0.3 is 14.8 Å². The highest BCUT2D eigenvalue weighted by Gasteiger charge is 2.18. The van der Waals surface area contributed by atoms with Crippen LogP contribution in [0.2, 0.25) is 0 Å². The number of methoxy groups -OCH3 is 1. The van der Waals surface area contributed by atoms with Crippen LogP contribution in [0.4, 0.5) is 5.69 Å². The molecule has 8 heteroatoms. The van der Waals surface area contributed by atoms with Gasteiger partial charge in [-0.2, -0.15) is 0 Å². The van der Waals surface area contributed by atoms with Crippen molar-refractivity contribution in [1.29, 1.82) is 0 Å². The monoisotopic (exact) mass is 434 g/mol. The zero-order chi connectivity index (χ0) is 22.1. The Bertz CT molecular complexity index is 940. The van der Waals surface area contributed by atoms with Gasteiger partial charge in [0.25, 0.3) is 0 Å². The lowest BCUT2D eigenvalue weighted by atomic mass is 10.1. The summed E-state index contributed by atoms with van der Waals surface area (Å²) in [4.78, 5) is 12.1. The molecule has 0 saturated heterocycles. The van der Waals surface area contributed by atoms with E-state index in [1.807, 2.05) is 44.2 Å². The molecule has 0 fully saturated rings. The zero-order valence-corrected chi connectivity index (χ0v) is 18.8. The summed E-state index contributed by atoms with van der Waals surface area (Å²) in [6.07, 6.45) is 1.82. The Balaban J connectivity index is 1.80. The van der Waals surface area contributed by atoms with Crippen LogP contribution < -0.4 is 19.1 Å². The van der Waals surface area contributed by atoms with E-state index in [0.717, 1.165) is 11.1 Å². The Hall–Kier alpha value is -2.74. The first kappa shape index (κ1) is 23.5. The SMILES string of the molecule is COc1ccccc1OCCNC(=O)CCCN(c1cc(C)cc(C)c1)S(C)(=O)=O. The van der Waals surface area contributed by atoms with E-state index >= 15 is 0 Å². The Kier molecular flexibility index (Phi) is 8.53. The number of anilines is 1. The van der Waals surface area contributed by atoms with Gasteiger partial charge >= 0.3 is 0 Å². The predicted molar refractivity (Wildman–Crippen MR) is 119 cm³/mol. The minimum atomic E-state index is -3.44. The normalized spacial score (nSPS) is 11.1. The van der Waals surface area contributed by atoms with Gasteiger partial charge in [0.15, 0.2) is 11.5 Å². The molecule has 0 radical (unpaired) electrons. The van der Waals surface area contributed by atoms with Crippen molar-refractivity contribution in [2.45, 2.75) is 26.7 Å². The van der Waals surface area contributed by atoms with Gasteiger partial charge in [0.1, 0.15) is 6.61 Å². The lowest BCUT2D eigenvalue weighted by molar-refractivity contribution is -0.121. The largest absolute Gasteiger partial charge is 0.493 e. The fraction of sp³-hybridized carbons (Fsp3) is 0.409. The van der Waals surface area contributed by atoms with Crippen molar-refractivity contribution in [3.63, 3.8) is 0 Å². The third-order valence-electron chi connectivity index (χ3n) is 4.41. The third-order valence-corrected chi connectivity index (χ3v) is 5.60. The topological polar surface area (TPSA) is 84.9 Å². The number of sulfonamides is 1. The molecule has 0 unspecified atom stereocenters. The molecule has 0 heterocycles. The number of amides is 1. The van der Waals surface area contributed by atoms with E-state index in [9.17, 15) is 13.2 Å². The van der Waals surface area contributed by atoms with Crippen LogP contribution in [0.25, 0.3) is 0 Å². The quantitative estimate of drug-likeness (QED) is 0.550. The van der Waals surface area contributed by atoms with Crippen molar-refractivity contribution in [3.8, 4) is 11.5 Å². The third kappa shape index (κ3) is 7.26. The summed E-state index contributed by atoms with van der Waals surface area (Å²) in [5.41, 5.74) is 2.61. The number of carbonyl (C=O) groups is 1. The van der Waals surface area contributed by atoms with Crippen LogP contribution in [0.15, 0.2) is 42.5 Å². The van der Waals surface area contributed by atoms with Crippen molar-refractivity contribution < 1.29 is 22.7 Å². The summed E-state index contributed by atoms with van der Waals surface area (Å²) in [6.45, 7) is 4.76. The van der Waals surface area contributed by atoms with Gasteiger partial charge in [-0.25, -0.2) is 8.42 Å². The van der Waals surface area contributed by atoms with E-state index in [-0.39, 0.29) is 18.9 Å². The highest BCUT2D eigenvalue weighted by atomic mass is 32.2. The fourth-order valence-corrected chi connectivity index (χ4v) is 4.09. The molecular weight excluding hydrogens is 404 g/mol. The number of para-hydroxylation sites is 2. The Labute approximate surface area is 179 Å². The smallest absolute Gasteiger partial charge is 0.232 e. The minimum Gasteiger partial charge on any atom is -0.493 e. The minimum absolute atomic E-state index is 0.146. The molecule has 0 spiro atoms. The second-order valence-electron chi connectivity index (χ2n) is 7.13. The molecule has 1 amide bonds. The van der Waals surface area contributed by atoms with Crippen molar-refractivity contribution in [3.05, 3.63) is 53.6 Å². The van der Waals surface area contributed by atoms with Crippen LogP contribution in [0.5, 0.6) is 11.5 Å². The van der Waals surface area contributed by atoms with Gasteiger partial charge in [-0.1, -0.05) is 18.2 Å². The van der Waals surface area contributed by atoms with Crippen LogP contribution in [0.1, 0.15) is 24.0 Å². The maximum absolute atomic E-state index is 12.2. The van der Waals surface area contributed by atoms with Crippen molar-refractivity contribution in [2.24, 2.45) is 0 Å². The molecule has 0 atom stereocenters. The first-order chi connectivity index (χ1) is 14.2. The summed E-state index contributed by atoms with van der Waals surface area (Å²) in [6, 6.07) is 13.0. The molecule has 7 nitrogen and oxygen atoms in total. The highest BCUT2D eigenvalue weighted by molar-refractivity contribution is 7.92. The molecular formula is C22H30N2O5S. The van der Waals surface area contributed by atoms with Gasteiger partial charge in [0, 0.05) is 13.0 Å². The van der Waals surface area contributed by atoms with E-state index < -0.39 is 10.0 Å². The predicted octanol–water partition coefficient (Wildman–Crippen LogP) is 3.05. The van der Waals surface area contributed by atoms with Gasteiger partial charge in [-0.3, -0.25) is 9.10 Å². The number of rotatable bonds is 11. The molecule has 2 rings (SSSR count). The summed E-state index contributed by atoms with van der Waals surface area (Å²) < 4.78 is 36.6. The summed E-state index contributed by atoms with van der Waals surface area (Å²) in [5.74, 6) is 1.11. The average Bonchev–Trinajstić information content (AvgIpc) is 2.67. The summed E-state index contributed by atoms with van der Waals surface area (Å²) in [7, 11) is -1.87. The molecule has 0 aromatic heterocycles. The van der Waals surface area contributed by atoms with Crippen LogP contribution in [-0.4, -0.2) is 47.4 Å². The van der Waals surface area contributed by atoms with Crippen LogP contribution in [-0.2, 0) is 14.8 Å². The second-order valence-corrected chi connectivity index (χ2v) is 9.04. The molecule has 0 bridgehead atoms. The molecule has 0 aliphatic carbocycles. The lowest BCUT2D eigenvalue weighted by Crippen LogP contribution is -2.33. The molecule has 1 N–H and O–H groups in total. The number of hydrogen-bond acceptors (Lipinski definition) is 5. The number of benzene rings is 2. The second kappa shape index (κ2) is 10.9. The van der Waals surface area contributed by atoms with Crippen molar-refractivity contribution >= 4 is 21.6 Å². The number of aryl methyl sites for hydroxylation is 2. The first-order valence-electron chi connectivity index (χ1n) is 9.79. The van der Waals surface area contributed by atoms with Gasteiger partial charge in [-0.15, -0.1) is 0 Å². The maximum atomic E-state index is 12.2. The molecule has 0 aliphatic rings. The number of carbonyl (C=O) groups excluding carboxylic acids is 1. The molecule has 30 heavy (non-hydrogen) atoms. The van der Waals surface area contributed by atoms with E-state index in [2.05, 4.69) is 5.32 Å². The van der Waals surface area contributed by atoms with E-state index in [0.29, 0.717) is 36.8 Å². The average molecular weight is 435 g/mol. The zero-order valence-electron chi connectivity index (χ0n) is 18.0. The van der Waals surface area contributed by atoms with Crippen molar-refractivity contribution in [2.75, 3.05) is 37.4 Å². The van der Waals surface area contributed by atoms with Crippen molar-refractivity contribution in [1.82, 2.24) is 5.32 Å². The Morgan fingerprint density at radius 2 is 1.70 bits per heavy atom. The number of hydrogen-bond donors (Lipinski definition) is 1. The maximum Gasteiger partial charge on any atom is 0.232 e. The molecule has 164 valence electrons. The van der Waals surface area contributed by atoms with E-state index in [1.165, 1.54) is 10.6 Å². The summed E-state index contributed by atoms with van der Waals surface area (Å²) in [5, 5.41) is 2.79. The standard InChI is InChI=1S/C22H30N2O5S/c1-17-14-18(2)16-19(15-17)24(30(4,26)27)12-7-10-22(25)23-11-13-29-21-9-6-5-8-20(21)28-3/h5-6,8-9,14-16H,7,10-13H2,1-4H3,(H,23,25).